The van der Waals surface area contributed by atoms with Crippen LogP contribution >= 0.6 is 0 Å². The van der Waals surface area contributed by atoms with Crippen LogP contribution in [0.4, 0.5) is 11.4 Å². The first-order valence-electron chi connectivity index (χ1n) is 8.47. The molecule has 10 heteroatoms. The van der Waals surface area contributed by atoms with Gasteiger partial charge in [0.1, 0.15) is 17.8 Å². The van der Waals surface area contributed by atoms with Gasteiger partial charge in [-0.2, -0.15) is 0 Å². The van der Waals surface area contributed by atoms with Gasteiger partial charge in [0.05, 0.1) is 9.85 Å². The minimum Gasteiger partial charge on any atom is -0.464 e. The third-order valence-electron chi connectivity index (χ3n) is 4.54. The lowest BCUT2D eigenvalue weighted by molar-refractivity contribution is -0.385. The molecule has 1 aromatic heterocycles. The number of rotatable bonds is 7. The number of nitrogens with zero attached hydrogens (tertiary/aromatic N) is 3. The molecule has 0 aliphatic heterocycles. The zero-order valence-electron chi connectivity index (χ0n) is 15.3. The summed E-state index contributed by atoms with van der Waals surface area (Å²) in [5, 5.41) is 22.1. The lowest BCUT2D eigenvalue weighted by Crippen LogP contribution is -2.36. The number of carbonyl (C=O) groups is 1. The Bertz CT molecular complexity index is 972. The summed E-state index contributed by atoms with van der Waals surface area (Å²) in [5.41, 5.74) is -0.225. The second kappa shape index (κ2) is 7.89. The Hall–Kier alpha value is -4.08. The van der Waals surface area contributed by atoms with Crippen LogP contribution in [-0.4, -0.2) is 32.4 Å². The van der Waals surface area contributed by atoms with Gasteiger partial charge in [0.15, 0.2) is 0 Å². The Morgan fingerprint density at radius 2 is 1.48 bits per heavy atom. The molecule has 10 nitrogen and oxygen atoms in total. The number of hydrogen-bond acceptors (Lipinski definition) is 7. The molecule has 148 valence electrons. The van der Waals surface area contributed by atoms with Crippen LogP contribution in [0.2, 0.25) is 0 Å². The number of benzene rings is 2. The summed E-state index contributed by atoms with van der Waals surface area (Å²) in [6.07, 6.45) is 3.11. The third kappa shape index (κ3) is 3.81. The normalized spacial score (nSPS) is 11.1. The zero-order chi connectivity index (χ0) is 21.0. The van der Waals surface area contributed by atoms with E-state index in [-0.39, 0.29) is 18.0 Å². The standard InChI is InChI=1S/C19H16N4O6/c1-13(24)29-12-19(18-20-10-11-21-18,14-2-6-16(7-3-14)22(25)26)15-4-8-17(9-5-15)23(27)28/h2-11H,12H2,1H3,(H,20,21). The van der Waals surface area contributed by atoms with Gasteiger partial charge in [-0.25, -0.2) is 4.98 Å². The number of non-ortho nitro benzene ring substituents is 2. The van der Waals surface area contributed by atoms with Crippen LogP contribution in [0.1, 0.15) is 23.9 Å². The van der Waals surface area contributed by atoms with Crippen molar-refractivity contribution in [3.63, 3.8) is 0 Å². The van der Waals surface area contributed by atoms with Crippen LogP contribution in [0.25, 0.3) is 0 Å². The van der Waals surface area contributed by atoms with Gasteiger partial charge in [0, 0.05) is 43.6 Å². The van der Waals surface area contributed by atoms with E-state index in [9.17, 15) is 25.0 Å². The van der Waals surface area contributed by atoms with E-state index in [1.54, 1.807) is 30.5 Å². The molecular weight excluding hydrogens is 380 g/mol. The molecule has 0 radical (unpaired) electrons. The van der Waals surface area contributed by atoms with Gasteiger partial charge in [-0.3, -0.25) is 25.0 Å². The summed E-state index contributed by atoms with van der Waals surface area (Å²) in [7, 11) is 0. The molecule has 0 fully saturated rings. The van der Waals surface area contributed by atoms with Crippen molar-refractivity contribution >= 4 is 17.3 Å². The molecule has 3 aromatic rings. The van der Waals surface area contributed by atoms with Crippen LogP contribution in [0.15, 0.2) is 60.9 Å². The van der Waals surface area contributed by atoms with Gasteiger partial charge in [0.2, 0.25) is 0 Å². The average Bonchev–Trinajstić information content (AvgIpc) is 3.24. The number of nitro groups is 2. The molecule has 0 amide bonds. The van der Waals surface area contributed by atoms with Crippen LogP contribution in [-0.2, 0) is 14.9 Å². The van der Waals surface area contributed by atoms with Crippen molar-refractivity contribution < 1.29 is 19.4 Å². The van der Waals surface area contributed by atoms with Crippen molar-refractivity contribution in [2.45, 2.75) is 12.3 Å². The first-order valence-corrected chi connectivity index (χ1v) is 8.47. The topological polar surface area (TPSA) is 141 Å². The van der Waals surface area contributed by atoms with Crippen molar-refractivity contribution in [3.05, 3.63) is 98.1 Å². The van der Waals surface area contributed by atoms with Gasteiger partial charge < -0.3 is 9.72 Å². The van der Waals surface area contributed by atoms with Crippen LogP contribution in [0.5, 0.6) is 0 Å². The van der Waals surface area contributed by atoms with E-state index in [4.69, 9.17) is 4.74 Å². The van der Waals surface area contributed by atoms with E-state index in [1.807, 2.05) is 0 Å². The average molecular weight is 396 g/mol. The predicted molar refractivity (Wildman–Crippen MR) is 101 cm³/mol. The number of H-pyrrole nitrogens is 1. The molecule has 0 unspecified atom stereocenters. The lowest BCUT2D eigenvalue weighted by Gasteiger charge is -2.32. The third-order valence-corrected chi connectivity index (χ3v) is 4.54. The molecule has 1 heterocycles. The lowest BCUT2D eigenvalue weighted by atomic mass is 9.74. The summed E-state index contributed by atoms with van der Waals surface area (Å²) >= 11 is 0. The summed E-state index contributed by atoms with van der Waals surface area (Å²) in [4.78, 5) is 39.9. The largest absolute Gasteiger partial charge is 0.464 e. The second-order valence-corrected chi connectivity index (χ2v) is 6.23. The number of ether oxygens (including phenoxy) is 1. The fourth-order valence-electron chi connectivity index (χ4n) is 3.12. The van der Waals surface area contributed by atoms with Crippen molar-refractivity contribution in [3.8, 4) is 0 Å². The maximum atomic E-state index is 11.6. The van der Waals surface area contributed by atoms with Gasteiger partial charge in [-0.15, -0.1) is 0 Å². The fourth-order valence-corrected chi connectivity index (χ4v) is 3.12. The number of carbonyl (C=O) groups excluding carboxylic acids is 1. The van der Waals surface area contributed by atoms with E-state index < -0.39 is 21.2 Å². The Kier molecular flexibility index (Phi) is 5.35. The molecule has 2 aromatic carbocycles. The van der Waals surface area contributed by atoms with Crippen molar-refractivity contribution in [1.82, 2.24) is 9.97 Å². The number of imidazole rings is 1. The molecule has 0 aliphatic carbocycles. The molecule has 0 saturated carbocycles. The van der Waals surface area contributed by atoms with Crippen LogP contribution in [0.3, 0.4) is 0 Å². The van der Waals surface area contributed by atoms with E-state index in [0.717, 1.165) is 0 Å². The number of nitro benzene ring substituents is 2. The van der Waals surface area contributed by atoms with Crippen molar-refractivity contribution in [1.29, 1.82) is 0 Å². The number of hydrogen-bond donors (Lipinski definition) is 1. The Morgan fingerprint density at radius 1 is 1.00 bits per heavy atom. The smallest absolute Gasteiger partial charge is 0.302 e. The highest BCUT2D eigenvalue weighted by molar-refractivity contribution is 5.66. The molecule has 0 atom stereocenters. The summed E-state index contributed by atoms with van der Waals surface area (Å²) < 4.78 is 5.33. The molecule has 0 bridgehead atoms. The minimum absolute atomic E-state index is 0.0988. The first kappa shape index (κ1) is 19.7. The van der Waals surface area contributed by atoms with Crippen molar-refractivity contribution in [2.75, 3.05) is 6.61 Å². The summed E-state index contributed by atoms with van der Waals surface area (Å²) in [6, 6.07) is 11.5. The Labute approximate surface area is 164 Å². The van der Waals surface area contributed by atoms with Crippen molar-refractivity contribution in [2.24, 2.45) is 0 Å². The van der Waals surface area contributed by atoms with E-state index in [1.165, 1.54) is 37.4 Å². The molecule has 3 rings (SSSR count). The van der Waals surface area contributed by atoms with Gasteiger partial charge in [-0.1, -0.05) is 24.3 Å². The molecule has 0 saturated heterocycles. The molecular formula is C19H16N4O6. The number of esters is 1. The summed E-state index contributed by atoms with van der Waals surface area (Å²) in [5.74, 6) is -0.105. The Morgan fingerprint density at radius 3 is 1.83 bits per heavy atom. The van der Waals surface area contributed by atoms with E-state index in [2.05, 4.69) is 9.97 Å². The first-order chi connectivity index (χ1) is 13.8. The molecule has 0 aliphatic rings. The number of aromatic nitrogens is 2. The maximum Gasteiger partial charge on any atom is 0.302 e. The Balaban J connectivity index is 2.23. The fraction of sp³-hybridized carbons (Fsp3) is 0.158. The highest BCUT2D eigenvalue weighted by atomic mass is 16.6. The van der Waals surface area contributed by atoms with E-state index in [0.29, 0.717) is 17.0 Å². The van der Waals surface area contributed by atoms with Gasteiger partial charge in [-0.05, 0) is 11.1 Å². The van der Waals surface area contributed by atoms with E-state index >= 15 is 0 Å². The maximum absolute atomic E-state index is 11.6. The van der Waals surface area contributed by atoms with Crippen LogP contribution < -0.4 is 0 Å². The van der Waals surface area contributed by atoms with Gasteiger partial charge >= 0.3 is 5.97 Å². The SMILES string of the molecule is CC(=O)OCC(c1ccc([N+](=O)[O-])cc1)(c1ccc([N+](=O)[O-])cc1)c1ncc[nH]1. The molecule has 29 heavy (non-hydrogen) atoms. The van der Waals surface area contributed by atoms with Gasteiger partial charge in [0.25, 0.3) is 11.4 Å². The summed E-state index contributed by atoms with van der Waals surface area (Å²) in [6.45, 7) is 1.10. The number of nitrogens with one attached hydrogen (secondary N) is 1. The quantitative estimate of drug-likeness (QED) is 0.367. The molecule has 0 spiro atoms. The minimum atomic E-state index is -1.15. The predicted octanol–water partition coefficient (Wildman–Crippen LogP) is 3.12. The highest BCUT2D eigenvalue weighted by Crippen LogP contribution is 2.39. The zero-order valence-corrected chi connectivity index (χ0v) is 15.3. The van der Waals surface area contributed by atoms with Crippen LogP contribution in [0, 0.1) is 20.2 Å². The number of aromatic amines is 1. The highest BCUT2D eigenvalue weighted by Gasteiger charge is 2.41. The monoisotopic (exact) mass is 396 g/mol. The molecule has 1 N–H and O–H groups in total. The second-order valence-electron chi connectivity index (χ2n) is 6.23.